The van der Waals surface area contributed by atoms with Gasteiger partial charge in [0.05, 0.1) is 18.3 Å². The summed E-state index contributed by atoms with van der Waals surface area (Å²) in [4.78, 5) is 2.37. The molecule has 1 saturated carbocycles. The Morgan fingerprint density at radius 3 is 2.50 bits per heavy atom. The Labute approximate surface area is 97.0 Å². The number of hydrogen-bond donors (Lipinski definition) is 2. The SMILES string of the molecule is OC(CNC1CC1)CN1CC2CCC(C1)O2. The third-order valence-electron chi connectivity index (χ3n) is 3.81. The first-order chi connectivity index (χ1) is 7.79. The van der Waals surface area contributed by atoms with E-state index in [1.807, 2.05) is 0 Å². The van der Waals surface area contributed by atoms with Crippen molar-refractivity contribution in [3.63, 3.8) is 0 Å². The summed E-state index contributed by atoms with van der Waals surface area (Å²) in [6.45, 7) is 3.57. The number of aliphatic hydroxyl groups excluding tert-OH is 1. The van der Waals surface area contributed by atoms with E-state index in [9.17, 15) is 5.11 Å². The molecule has 0 aromatic rings. The molecule has 0 aromatic heterocycles. The summed E-state index contributed by atoms with van der Waals surface area (Å²) in [5.74, 6) is 0. The number of aliphatic hydroxyl groups is 1. The lowest BCUT2D eigenvalue weighted by atomic mass is 10.2. The van der Waals surface area contributed by atoms with E-state index in [0.717, 1.165) is 26.2 Å². The lowest BCUT2D eigenvalue weighted by Gasteiger charge is -2.33. The zero-order valence-corrected chi connectivity index (χ0v) is 9.77. The second-order valence-electron chi connectivity index (χ2n) is 5.51. The van der Waals surface area contributed by atoms with Gasteiger partial charge in [0, 0.05) is 32.2 Å². The standard InChI is InChI=1S/C12H22N2O2/c15-10(5-13-9-1-2-9)6-14-7-11-3-4-12(8-14)16-11/h9-13,15H,1-8H2. The van der Waals surface area contributed by atoms with Crippen molar-refractivity contribution < 1.29 is 9.84 Å². The van der Waals surface area contributed by atoms with Gasteiger partial charge in [0.15, 0.2) is 0 Å². The largest absolute Gasteiger partial charge is 0.390 e. The van der Waals surface area contributed by atoms with Crippen LogP contribution in [0.3, 0.4) is 0 Å². The van der Waals surface area contributed by atoms with Crippen molar-refractivity contribution >= 4 is 0 Å². The lowest BCUT2D eigenvalue weighted by Crippen LogP contribution is -2.47. The molecule has 2 saturated heterocycles. The fraction of sp³-hybridized carbons (Fsp3) is 1.00. The minimum absolute atomic E-state index is 0.224. The summed E-state index contributed by atoms with van der Waals surface area (Å²) in [5.41, 5.74) is 0. The van der Waals surface area contributed by atoms with Crippen LogP contribution >= 0.6 is 0 Å². The number of likely N-dealkylation sites (tertiary alicyclic amines) is 1. The van der Waals surface area contributed by atoms with E-state index in [0.29, 0.717) is 18.2 Å². The van der Waals surface area contributed by atoms with E-state index >= 15 is 0 Å². The van der Waals surface area contributed by atoms with Gasteiger partial charge in [0.25, 0.3) is 0 Å². The van der Waals surface area contributed by atoms with Crippen LogP contribution in [-0.2, 0) is 4.74 Å². The zero-order valence-electron chi connectivity index (χ0n) is 9.77. The van der Waals surface area contributed by atoms with Crippen LogP contribution in [0.25, 0.3) is 0 Å². The second kappa shape index (κ2) is 4.61. The highest BCUT2D eigenvalue weighted by Gasteiger charge is 2.34. The molecule has 2 N–H and O–H groups in total. The Hall–Kier alpha value is -0.160. The average Bonchev–Trinajstić information content (AvgIpc) is 3.02. The van der Waals surface area contributed by atoms with Crippen LogP contribution in [0.5, 0.6) is 0 Å². The molecule has 3 unspecified atom stereocenters. The molecule has 3 aliphatic rings. The summed E-state index contributed by atoms with van der Waals surface area (Å²) in [6, 6.07) is 0.690. The minimum atomic E-state index is -0.224. The van der Waals surface area contributed by atoms with Crippen LogP contribution in [0, 0.1) is 0 Å². The molecule has 0 amide bonds. The summed E-state index contributed by atoms with van der Waals surface area (Å²) in [6.07, 6.45) is 5.63. The average molecular weight is 226 g/mol. The first-order valence-corrected chi connectivity index (χ1v) is 6.59. The molecule has 0 aromatic carbocycles. The highest BCUT2D eigenvalue weighted by molar-refractivity contribution is 4.87. The van der Waals surface area contributed by atoms with Gasteiger partial charge in [-0.15, -0.1) is 0 Å². The topological polar surface area (TPSA) is 44.7 Å². The molecule has 2 aliphatic heterocycles. The van der Waals surface area contributed by atoms with Crippen LogP contribution < -0.4 is 5.32 Å². The predicted octanol–water partition coefficient (Wildman–Crippen LogP) is -0.0375. The Balaban J connectivity index is 1.39. The van der Waals surface area contributed by atoms with Crippen molar-refractivity contribution in [1.29, 1.82) is 0 Å². The van der Waals surface area contributed by atoms with Crippen LogP contribution in [0.2, 0.25) is 0 Å². The molecule has 0 radical (unpaired) electrons. The Morgan fingerprint density at radius 2 is 1.88 bits per heavy atom. The van der Waals surface area contributed by atoms with Crippen molar-refractivity contribution in [2.75, 3.05) is 26.2 Å². The van der Waals surface area contributed by atoms with Gasteiger partial charge < -0.3 is 15.2 Å². The first kappa shape index (κ1) is 11.0. The van der Waals surface area contributed by atoms with Crippen molar-refractivity contribution in [3.8, 4) is 0 Å². The van der Waals surface area contributed by atoms with Gasteiger partial charge >= 0.3 is 0 Å². The van der Waals surface area contributed by atoms with Gasteiger partial charge in [-0.25, -0.2) is 0 Å². The van der Waals surface area contributed by atoms with Gasteiger partial charge in [0.2, 0.25) is 0 Å². The van der Waals surface area contributed by atoms with E-state index in [-0.39, 0.29) is 6.10 Å². The molecule has 3 rings (SSSR count). The summed E-state index contributed by atoms with van der Waals surface area (Å²) < 4.78 is 5.78. The first-order valence-electron chi connectivity index (χ1n) is 6.59. The maximum Gasteiger partial charge on any atom is 0.0791 e. The van der Waals surface area contributed by atoms with Crippen molar-refractivity contribution in [1.82, 2.24) is 10.2 Å². The molecule has 4 heteroatoms. The predicted molar refractivity (Wildman–Crippen MR) is 61.4 cm³/mol. The third kappa shape index (κ3) is 2.74. The van der Waals surface area contributed by atoms with Crippen LogP contribution in [0.15, 0.2) is 0 Å². The summed E-state index contributed by atoms with van der Waals surface area (Å²) >= 11 is 0. The lowest BCUT2D eigenvalue weighted by molar-refractivity contribution is -0.0491. The fourth-order valence-electron chi connectivity index (χ4n) is 2.80. The van der Waals surface area contributed by atoms with Crippen molar-refractivity contribution in [2.24, 2.45) is 0 Å². The van der Waals surface area contributed by atoms with E-state index in [1.165, 1.54) is 25.7 Å². The molecule has 2 bridgehead atoms. The molecule has 92 valence electrons. The normalized spacial score (nSPS) is 36.6. The fourth-order valence-corrected chi connectivity index (χ4v) is 2.80. The van der Waals surface area contributed by atoms with E-state index in [4.69, 9.17) is 4.74 Å². The van der Waals surface area contributed by atoms with Gasteiger partial charge in [-0.1, -0.05) is 0 Å². The highest BCUT2D eigenvalue weighted by atomic mass is 16.5. The molecule has 16 heavy (non-hydrogen) atoms. The van der Waals surface area contributed by atoms with Crippen molar-refractivity contribution in [2.45, 2.75) is 50.0 Å². The van der Waals surface area contributed by atoms with Gasteiger partial charge in [-0.3, -0.25) is 4.90 Å². The Bertz CT molecular complexity index is 233. The number of hydrogen-bond acceptors (Lipinski definition) is 4. The molecule has 4 nitrogen and oxygen atoms in total. The van der Waals surface area contributed by atoms with Gasteiger partial charge in [0.1, 0.15) is 0 Å². The number of nitrogens with one attached hydrogen (secondary N) is 1. The number of ether oxygens (including phenoxy) is 1. The number of β-amino-alcohol motifs (C(OH)–C–C–N with tert-alkyl or cyclic N) is 1. The monoisotopic (exact) mass is 226 g/mol. The van der Waals surface area contributed by atoms with Gasteiger partial charge in [-0.05, 0) is 25.7 Å². The summed E-state index contributed by atoms with van der Waals surface area (Å²) in [5, 5.41) is 13.3. The van der Waals surface area contributed by atoms with Gasteiger partial charge in [-0.2, -0.15) is 0 Å². The van der Waals surface area contributed by atoms with E-state index in [2.05, 4.69) is 10.2 Å². The number of nitrogens with zero attached hydrogens (tertiary/aromatic N) is 1. The van der Waals surface area contributed by atoms with Crippen LogP contribution in [0.1, 0.15) is 25.7 Å². The molecule has 0 spiro atoms. The molecule has 1 aliphatic carbocycles. The number of rotatable bonds is 5. The Kier molecular flexibility index (Phi) is 3.16. The maximum atomic E-state index is 9.93. The van der Waals surface area contributed by atoms with Crippen LogP contribution in [0.4, 0.5) is 0 Å². The van der Waals surface area contributed by atoms with E-state index < -0.39 is 0 Å². The van der Waals surface area contributed by atoms with E-state index in [1.54, 1.807) is 0 Å². The second-order valence-corrected chi connectivity index (χ2v) is 5.51. The third-order valence-corrected chi connectivity index (χ3v) is 3.81. The smallest absolute Gasteiger partial charge is 0.0791 e. The summed E-state index contributed by atoms with van der Waals surface area (Å²) in [7, 11) is 0. The maximum absolute atomic E-state index is 9.93. The number of morpholine rings is 1. The minimum Gasteiger partial charge on any atom is -0.390 e. The Morgan fingerprint density at radius 1 is 1.19 bits per heavy atom. The molecule has 3 fully saturated rings. The number of fused-ring (bicyclic) bond motifs is 2. The van der Waals surface area contributed by atoms with Crippen LogP contribution in [-0.4, -0.2) is 60.5 Å². The zero-order chi connectivity index (χ0) is 11.0. The van der Waals surface area contributed by atoms with Crippen molar-refractivity contribution in [3.05, 3.63) is 0 Å². The molecule has 2 heterocycles. The highest BCUT2D eigenvalue weighted by Crippen LogP contribution is 2.26. The molecule has 3 atom stereocenters. The molecular weight excluding hydrogens is 204 g/mol. The quantitative estimate of drug-likeness (QED) is 0.690. The molecular formula is C12H22N2O2.